The summed E-state index contributed by atoms with van der Waals surface area (Å²) in [7, 11) is 1.87. The van der Waals surface area contributed by atoms with Gasteiger partial charge < -0.3 is 20.6 Å². The maximum Gasteiger partial charge on any atom is 0.434 e. The van der Waals surface area contributed by atoms with Crippen molar-refractivity contribution in [2.45, 2.75) is 43.9 Å². The summed E-state index contributed by atoms with van der Waals surface area (Å²) in [6, 6.07) is 6.85. The van der Waals surface area contributed by atoms with E-state index >= 15 is 0 Å². The molecule has 3 aromatic heterocycles. The third kappa shape index (κ3) is 5.10. The fourth-order valence-corrected chi connectivity index (χ4v) is 4.17. The van der Waals surface area contributed by atoms with Crippen LogP contribution >= 0.6 is 0 Å². The molecule has 0 radical (unpaired) electrons. The molecule has 3 aromatic rings. The van der Waals surface area contributed by atoms with Gasteiger partial charge in [0.1, 0.15) is 11.5 Å². The lowest BCUT2D eigenvalue weighted by Crippen LogP contribution is -2.40. The van der Waals surface area contributed by atoms with Gasteiger partial charge in [-0.1, -0.05) is 6.07 Å². The van der Waals surface area contributed by atoms with Crippen LogP contribution in [0.3, 0.4) is 0 Å². The average Bonchev–Trinajstić information content (AvgIpc) is 3.40. The molecular formula is C23H25F3N6O. The molecule has 1 aliphatic carbocycles. The highest BCUT2D eigenvalue weighted by Gasteiger charge is 2.34. The molecule has 1 amide bonds. The molecule has 0 saturated heterocycles. The van der Waals surface area contributed by atoms with E-state index in [2.05, 4.69) is 15.6 Å². The highest BCUT2D eigenvalue weighted by Crippen LogP contribution is 2.30. The Labute approximate surface area is 188 Å². The second-order valence-electron chi connectivity index (χ2n) is 8.24. The van der Waals surface area contributed by atoms with E-state index in [9.17, 15) is 18.0 Å². The molecule has 0 aliphatic heterocycles. The minimum Gasteiger partial charge on any atom is -0.368 e. The van der Waals surface area contributed by atoms with Crippen LogP contribution in [0.15, 0.2) is 48.9 Å². The maximum atomic E-state index is 13.0. The Morgan fingerprint density at radius 1 is 1.15 bits per heavy atom. The van der Waals surface area contributed by atoms with Gasteiger partial charge in [-0.25, -0.2) is 4.98 Å². The largest absolute Gasteiger partial charge is 0.434 e. The van der Waals surface area contributed by atoms with Crippen molar-refractivity contribution in [3.8, 4) is 0 Å². The van der Waals surface area contributed by atoms with E-state index in [1.807, 2.05) is 30.1 Å². The Morgan fingerprint density at radius 2 is 1.88 bits per heavy atom. The number of carbonyl (C=O) groups is 1. The molecule has 1 aliphatic rings. The van der Waals surface area contributed by atoms with Gasteiger partial charge in [-0.05, 0) is 50.0 Å². The van der Waals surface area contributed by atoms with Crippen molar-refractivity contribution in [2.75, 3.05) is 5.32 Å². The van der Waals surface area contributed by atoms with Crippen LogP contribution in [0.25, 0.3) is 11.2 Å². The Balaban J connectivity index is 1.37. The van der Waals surface area contributed by atoms with Crippen molar-refractivity contribution in [2.24, 2.45) is 7.05 Å². The maximum absolute atomic E-state index is 13.0. The second-order valence-corrected chi connectivity index (χ2v) is 8.24. The molecule has 3 N–H and O–H groups in total. The van der Waals surface area contributed by atoms with E-state index < -0.39 is 11.9 Å². The predicted octanol–water partition coefficient (Wildman–Crippen LogP) is 4.26. The predicted molar refractivity (Wildman–Crippen MR) is 120 cm³/mol. The summed E-state index contributed by atoms with van der Waals surface area (Å²) >= 11 is 0. The zero-order valence-corrected chi connectivity index (χ0v) is 18.1. The summed E-state index contributed by atoms with van der Waals surface area (Å²) in [5.74, 6) is 0.340. The van der Waals surface area contributed by atoms with Gasteiger partial charge in [0.25, 0.3) is 5.91 Å². The average molecular weight is 458 g/mol. The van der Waals surface area contributed by atoms with Gasteiger partial charge >= 0.3 is 6.18 Å². The first kappa shape index (κ1) is 22.6. The van der Waals surface area contributed by atoms with Crippen molar-refractivity contribution in [1.82, 2.24) is 19.3 Å². The van der Waals surface area contributed by atoms with Crippen LogP contribution in [-0.4, -0.2) is 38.2 Å². The van der Waals surface area contributed by atoms with E-state index in [4.69, 9.17) is 5.41 Å². The lowest BCUT2D eigenvalue weighted by molar-refractivity contribution is -0.140. The molecule has 0 aromatic carbocycles. The van der Waals surface area contributed by atoms with Crippen LogP contribution in [0.2, 0.25) is 0 Å². The lowest BCUT2D eigenvalue weighted by atomic mass is 9.90. The topological polar surface area (TPSA) is 87.2 Å². The first-order chi connectivity index (χ1) is 15.7. The molecule has 4 rings (SSSR count). The molecule has 0 unspecified atom stereocenters. The quantitative estimate of drug-likeness (QED) is 0.381. The van der Waals surface area contributed by atoms with Crippen molar-refractivity contribution >= 4 is 29.2 Å². The van der Waals surface area contributed by atoms with Gasteiger partial charge in [0.15, 0.2) is 5.69 Å². The number of nitrogens with one attached hydrogen (secondary N) is 3. The number of alkyl halides is 3. The zero-order chi connectivity index (χ0) is 23.6. The molecule has 3 heterocycles. The number of rotatable bonds is 6. The molecule has 0 bridgehead atoms. The monoisotopic (exact) mass is 458 g/mol. The van der Waals surface area contributed by atoms with Crippen molar-refractivity contribution in [3.05, 3.63) is 60.2 Å². The van der Waals surface area contributed by atoms with Crippen LogP contribution in [0.1, 0.15) is 36.9 Å². The third-order valence-corrected chi connectivity index (χ3v) is 5.83. The molecule has 7 nitrogen and oxygen atoms in total. The Bertz CT molecular complexity index is 1180. The first-order valence-corrected chi connectivity index (χ1v) is 10.7. The number of nitrogens with zero attached hydrogens (tertiary/aromatic N) is 3. The molecule has 10 heteroatoms. The van der Waals surface area contributed by atoms with Crippen molar-refractivity contribution in [3.63, 3.8) is 0 Å². The molecule has 0 atom stereocenters. The summed E-state index contributed by atoms with van der Waals surface area (Å²) in [4.78, 5) is 16.5. The van der Waals surface area contributed by atoms with Gasteiger partial charge in [-0.2, -0.15) is 13.2 Å². The van der Waals surface area contributed by atoms with E-state index in [0.717, 1.165) is 43.7 Å². The molecular weight excluding hydrogens is 433 g/mol. The summed E-state index contributed by atoms with van der Waals surface area (Å²) < 4.78 is 42.4. The third-order valence-electron chi connectivity index (χ3n) is 5.83. The Morgan fingerprint density at radius 3 is 2.52 bits per heavy atom. The van der Waals surface area contributed by atoms with Crippen LogP contribution in [0.5, 0.6) is 0 Å². The normalized spacial score (nSPS) is 19.5. The summed E-state index contributed by atoms with van der Waals surface area (Å²) in [5, 5.41) is 13.8. The fraction of sp³-hybridized carbons (Fsp3) is 0.348. The highest BCUT2D eigenvalue weighted by atomic mass is 19.4. The number of imidazole rings is 1. The van der Waals surface area contributed by atoms with E-state index in [1.165, 1.54) is 10.5 Å². The van der Waals surface area contributed by atoms with Gasteiger partial charge in [0.2, 0.25) is 0 Å². The highest BCUT2D eigenvalue weighted by molar-refractivity contribution is 6.22. The number of halogens is 3. The number of aryl methyl sites for hydroxylation is 1. The van der Waals surface area contributed by atoms with Crippen LogP contribution < -0.4 is 10.6 Å². The molecule has 33 heavy (non-hydrogen) atoms. The number of hydrogen-bond acceptors (Lipinski definition) is 4. The number of carbonyl (C=O) groups excluding carboxylic acids is 1. The number of hydrogen-bond donors (Lipinski definition) is 3. The van der Waals surface area contributed by atoms with E-state index in [-0.39, 0.29) is 23.6 Å². The molecule has 0 spiro atoms. The van der Waals surface area contributed by atoms with E-state index in [1.54, 1.807) is 18.2 Å². The number of amides is 1. The SMILES string of the molecule is Cn1ccc(/C(=C\C=N)C(=O)N[C@H]2CC[C@@H](Nc3cccc4nc(C(F)(F)F)cn34)CC2)c1. The first-order valence-electron chi connectivity index (χ1n) is 10.7. The Kier molecular flexibility index (Phi) is 6.26. The van der Waals surface area contributed by atoms with E-state index in [0.29, 0.717) is 11.4 Å². The minimum atomic E-state index is -4.50. The van der Waals surface area contributed by atoms with Crippen LogP contribution in [0, 0.1) is 5.41 Å². The van der Waals surface area contributed by atoms with Crippen LogP contribution in [-0.2, 0) is 18.0 Å². The summed E-state index contributed by atoms with van der Waals surface area (Å²) in [6.45, 7) is 0. The molecule has 1 fully saturated rings. The number of aromatic nitrogens is 3. The smallest absolute Gasteiger partial charge is 0.368 e. The van der Waals surface area contributed by atoms with Gasteiger partial charge in [0.05, 0.1) is 0 Å². The van der Waals surface area contributed by atoms with Crippen LogP contribution in [0.4, 0.5) is 19.0 Å². The lowest BCUT2D eigenvalue weighted by Gasteiger charge is -2.30. The second kappa shape index (κ2) is 9.13. The van der Waals surface area contributed by atoms with Gasteiger partial charge in [-0.15, -0.1) is 0 Å². The summed E-state index contributed by atoms with van der Waals surface area (Å²) in [6.07, 6.45) is 5.77. The van der Waals surface area contributed by atoms with Crippen molar-refractivity contribution in [1.29, 1.82) is 5.41 Å². The van der Waals surface area contributed by atoms with Gasteiger partial charge in [0, 0.05) is 55.1 Å². The summed E-state index contributed by atoms with van der Waals surface area (Å²) in [5.41, 5.74) is 0.508. The number of anilines is 1. The molecule has 1 saturated carbocycles. The Hall–Kier alpha value is -3.56. The molecule has 174 valence electrons. The zero-order valence-electron chi connectivity index (χ0n) is 18.1. The number of pyridine rings is 1. The number of fused-ring (bicyclic) bond motifs is 1. The van der Waals surface area contributed by atoms with Crippen molar-refractivity contribution < 1.29 is 18.0 Å². The minimum absolute atomic E-state index is 0.00531. The standard InChI is InChI=1S/C23H25F3N6O/c1-31-12-10-15(13-31)18(9-11-27)22(33)29-17-7-5-16(6-8-17)28-20-3-2-4-21-30-19(14-32(20)21)23(24,25)26/h2-4,9-14,16-17,27-28H,5-8H2,1H3,(H,29,33)/b18-9+,27-11?/t16-,17+. The number of allylic oxidation sites excluding steroid dienone is 1. The van der Waals surface area contributed by atoms with Gasteiger partial charge in [-0.3, -0.25) is 9.20 Å². The fourth-order valence-electron chi connectivity index (χ4n) is 4.17.